The number of hydrogen-bond acceptors (Lipinski definition) is 5. The van der Waals surface area contributed by atoms with Gasteiger partial charge in [0.15, 0.2) is 0 Å². The lowest BCUT2D eigenvalue weighted by Gasteiger charge is -2.42. The Hall–Kier alpha value is -1.37. The maximum absolute atomic E-state index is 12.9. The first-order valence-electron chi connectivity index (χ1n) is 9.36. The van der Waals surface area contributed by atoms with E-state index in [1.165, 1.54) is 0 Å². The Kier molecular flexibility index (Phi) is 5.81. The zero-order valence-electron chi connectivity index (χ0n) is 15.5. The fraction of sp³-hybridized carbons (Fsp3) is 0.737. The molecule has 0 aliphatic carbocycles. The first-order valence-corrected chi connectivity index (χ1v) is 9.36. The first kappa shape index (κ1) is 18.4. The van der Waals surface area contributed by atoms with Crippen molar-refractivity contribution in [1.29, 1.82) is 0 Å². The Labute approximate surface area is 150 Å². The molecule has 2 aliphatic heterocycles. The van der Waals surface area contributed by atoms with Gasteiger partial charge in [-0.2, -0.15) is 0 Å². The number of carbonyl (C=O) groups is 1. The maximum Gasteiger partial charge on any atom is 0.225 e. The highest BCUT2D eigenvalue weighted by Crippen LogP contribution is 2.26. The van der Waals surface area contributed by atoms with Crippen molar-refractivity contribution in [3.8, 4) is 0 Å². The standard InChI is InChI=1S/C19H31N3O3/c1-20(2)14-19(24)8-4-9-22(15-19)18(23)16-6-10-21(11-7-16)13-17-5-3-12-25-17/h3,5,12,16,24H,4,6-11,13-15H2,1-2H3/t19-/m0/s1. The van der Waals surface area contributed by atoms with Gasteiger partial charge in [-0.15, -0.1) is 0 Å². The molecule has 0 spiro atoms. The largest absolute Gasteiger partial charge is 0.468 e. The Morgan fingerprint density at radius 2 is 2.12 bits per heavy atom. The Morgan fingerprint density at radius 1 is 1.36 bits per heavy atom. The normalized spacial score (nSPS) is 26.3. The van der Waals surface area contributed by atoms with E-state index in [1.807, 2.05) is 36.0 Å². The first-order chi connectivity index (χ1) is 12.0. The Morgan fingerprint density at radius 3 is 2.76 bits per heavy atom. The van der Waals surface area contributed by atoms with Crippen LogP contribution in [0, 0.1) is 5.92 Å². The highest BCUT2D eigenvalue weighted by Gasteiger charge is 2.38. The molecule has 6 nitrogen and oxygen atoms in total. The molecular formula is C19H31N3O3. The third kappa shape index (κ3) is 4.84. The maximum atomic E-state index is 12.9. The summed E-state index contributed by atoms with van der Waals surface area (Å²) in [4.78, 5) is 19.2. The van der Waals surface area contributed by atoms with E-state index in [2.05, 4.69) is 4.90 Å². The van der Waals surface area contributed by atoms with Crippen LogP contribution in [0.25, 0.3) is 0 Å². The SMILES string of the molecule is CN(C)C[C@@]1(O)CCCN(C(=O)C2CCN(Cc3ccco3)CC2)C1. The van der Waals surface area contributed by atoms with Gasteiger partial charge in [-0.05, 0) is 65.0 Å². The molecule has 0 aromatic carbocycles. The van der Waals surface area contributed by atoms with Gasteiger partial charge < -0.3 is 19.3 Å². The summed E-state index contributed by atoms with van der Waals surface area (Å²) < 4.78 is 5.41. The predicted molar refractivity (Wildman–Crippen MR) is 96.0 cm³/mol. The summed E-state index contributed by atoms with van der Waals surface area (Å²) in [6, 6.07) is 3.91. The number of rotatable bonds is 5. The van der Waals surface area contributed by atoms with Crippen LogP contribution >= 0.6 is 0 Å². The summed E-state index contributed by atoms with van der Waals surface area (Å²) in [6.07, 6.45) is 5.14. The molecule has 1 N–H and O–H groups in total. The number of piperidine rings is 2. The molecule has 3 rings (SSSR count). The number of β-amino-alcohol motifs (C(OH)–C–C–N with tert-alkyl or cyclic N) is 1. The van der Waals surface area contributed by atoms with Gasteiger partial charge in [0.25, 0.3) is 0 Å². The quantitative estimate of drug-likeness (QED) is 0.871. The van der Waals surface area contributed by atoms with Crippen molar-refractivity contribution in [3.63, 3.8) is 0 Å². The highest BCUT2D eigenvalue weighted by atomic mass is 16.3. The molecule has 1 aromatic rings. The average Bonchev–Trinajstić information content (AvgIpc) is 3.07. The molecular weight excluding hydrogens is 318 g/mol. The third-order valence-corrected chi connectivity index (χ3v) is 5.37. The lowest BCUT2D eigenvalue weighted by Crippen LogP contribution is -2.56. The summed E-state index contributed by atoms with van der Waals surface area (Å²) in [7, 11) is 3.93. The number of furan rings is 1. The van der Waals surface area contributed by atoms with Crippen molar-refractivity contribution in [2.45, 2.75) is 37.8 Å². The van der Waals surface area contributed by atoms with Crippen molar-refractivity contribution in [2.24, 2.45) is 5.92 Å². The van der Waals surface area contributed by atoms with Gasteiger partial charge >= 0.3 is 0 Å². The van der Waals surface area contributed by atoms with Gasteiger partial charge in [-0.3, -0.25) is 9.69 Å². The van der Waals surface area contributed by atoms with Crippen molar-refractivity contribution in [2.75, 3.05) is 46.8 Å². The number of aliphatic hydroxyl groups is 1. The fourth-order valence-electron chi connectivity index (χ4n) is 4.24. The van der Waals surface area contributed by atoms with Gasteiger partial charge in [0.1, 0.15) is 5.76 Å². The molecule has 3 heterocycles. The molecule has 0 bridgehead atoms. The van der Waals surface area contributed by atoms with Crippen LogP contribution in [0.4, 0.5) is 0 Å². The van der Waals surface area contributed by atoms with E-state index in [1.54, 1.807) is 6.26 Å². The van der Waals surface area contributed by atoms with Crippen LogP contribution in [0.2, 0.25) is 0 Å². The summed E-state index contributed by atoms with van der Waals surface area (Å²) in [5.41, 5.74) is -0.766. The molecule has 1 aromatic heterocycles. The van der Waals surface area contributed by atoms with Crippen molar-refractivity contribution >= 4 is 5.91 Å². The van der Waals surface area contributed by atoms with Gasteiger partial charge in [0.2, 0.25) is 5.91 Å². The zero-order valence-corrected chi connectivity index (χ0v) is 15.5. The summed E-state index contributed by atoms with van der Waals surface area (Å²) >= 11 is 0. The van der Waals surface area contributed by atoms with Gasteiger partial charge in [-0.1, -0.05) is 0 Å². The van der Waals surface area contributed by atoms with Crippen LogP contribution in [0.3, 0.4) is 0 Å². The lowest BCUT2D eigenvalue weighted by molar-refractivity contribution is -0.145. The van der Waals surface area contributed by atoms with Crippen molar-refractivity contribution < 1.29 is 14.3 Å². The minimum Gasteiger partial charge on any atom is -0.468 e. The van der Waals surface area contributed by atoms with Gasteiger partial charge in [0.05, 0.1) is 25.0 Å². The zero-order chi connectivity index (χ0) is 17.9. The van der Waals surface area contributed by atoms with E-state index < -0.39 is 5.60 Å². The topological polar surface area (TPSA) is 60.2 Å². The molecule has 1 amide bonds. The second-order valence-electron chi connectivity index (χ2n) is 7.96. The molecule has 2 fully saturated rings. The summed E-state index contributed by atoms with van der Waals surface area (Å²) in [6.45, 7) is 4.52. The molecule has 2 aliphatic rings. The predicted octanol–water partition coefficient (Wildman–Crippen LogP) is 1.41. The van der Waals surface area contributed by atoms with E-state index in [9.17, 15) is 9.90 Å². The van der Waals surface area contributed by atoms with Crippen LogP contribution < -0.4 is 0 Å². The van der Waals surface area contributed by atoms with Gasteiger partial charge in [-0.25, -0.2) is 0 Å². The number of carbonyl (C=O) groups excluding carboxylic acids is 1. The molecule has 25 heavy (non-hydrogen) atoms. The highest BCUT2D eigenvalue weighted by molar-refractivity contribution is 5.79. The van der Waals surface area contributed by atoms with E-state index >= 15 is 0 Å². The summed E-state index contributed by atoms with van der Waals surface area (Å²) in [5.74, 6) is 1.30. The Bertz CT molecular complexity index is 552. The number of likely N-dealkylation sites (tertiary alicyclic amines) is 2. The fourth-order valence-corrected chi connectivity index (χ4v) is 4.24. The smallest absolute Gasteiger partial charge is 0.225 e. The minimum absolute atomic E-state index is 0.0922. The Balaban J connectivity index is 1.50. The second kappa shape index (κ2) is 7.89. The number of likely N-dealkylation sites (N-methyl/N-ethyl adjacent to an activating group) is 1. The molecule has 6 heteroatoms. The van der Waals surface area contributed by atoms with Crippen molar-refractivity contribution in [3.05, 3.63) is 24.2 Å². The van der Waals surface area contributed by atoms with Crippen LogP contribution in [-0.2, 0) is 11.3 Å². The number of hydrogen-bond donors (Lipinski definition) is 1. The van der Waals surface area contributed by atoms with Crippen LogP contribution in [0.5, 0.6) is 0 Å². The third-order valence-electron chi connectivity index (χ3n) is 5.37. The van der Waals surface area contributed by atoms with Crippen LogP contribution in [0.1, 0.15) is 31.4 Å². The molecule has 140 valence electrons. The lowest BCUT2D eigenvalue weighted by atomic mass is 9.89. The van der Waals surface area contributed by atoms with Crippen LogP contribution in [-0.4, -0.2) is 78.1 Å². The second-order valence-corrected chi connectivity index (χ2v) is 7.96. The number of amides is 1. The van der Waals surface area contributed by atoms with E-state index in [-0.39, 0.29) is 11.8 Å². The molecule has 2 saturated heterocycles. The monoisotopic (exact) mass is 349 g/mol. The summed E-state index contributed by atoms with van der Waals surface area (Å²) in [5, 5.41) is 10.8. The van der Waals surface area contributed by atoms with Crippen LogP contribution in [0.15, 0.2) is 22.8 Å². The molecule has 0 radical (unpaired) electrons. The van der Waals surface area contributed by atoms with E-state index in [4.69, 9.17) is 4.42 Å². The molecule has 0 unspecified atom stereocenters. The minimum atomic E-state index is -0.766. The van der Waals surface area contributed by atoms with Gasteiger partial charge in [0, 0.05) is 19.0 Å². The molecule has 0 saturated carbocycles. The van der Waals surface area contributed by atoms with E-state index in [0.29, 0.717) is 13.1 Å². The molecule has 1 atom stereocenters. The van der Waals surface area contributed by atoms with Crippen molar-refractivity contribution in [1.82, 2.24) is 14.7 Å². The van der Waals surface area contributed by atoms with E-state index in [0.717, 1.165) is 57.6 Å². The average molecular weight is 349 g/mol. The number of nitrogens with zero attached hydrogens (tertiary/aromatic N) is 3.